The van der Waals surface area contributed by atoms with Gasteiger partial charge in [0.1, 0.15) is 15.7 Å². The van der Waals surface area contributed by atoms with E-state index in [1.807, 2.05) is 5.38 Å². The summed E-state index contributed by atoms with van der Waals surface area (Å²) in [7, 11) is 0. The molecule has 5 rings (SSSR count). The van der Waals surface area contributed by atoms with E-state index in [1.54, 1.807) is 42.5 Å². The molecule has 0 atom stereocenters. The fourth-order valence-corrected chi connectivity index (χ4v) is 5.79. The molecule has 0 bridgehead atoms. The molecular weight excluding hydrogens is 468 g/mol. The predicted molar refractivity (Wildman–Crippen MR) is 137 cm³/mol. The van der Waals surface area contributed by atoms with E-state index in [2.05, 4.69) is 10.1 Å². The van der Waals surface area contributed by atoms with Crippen LogP contribution in [0.2, 0.25) is 0 Å². The molecule has 1 aromatic carbocycles. The smallest absolute Gasteiger partial charge is 0.353 e. The second-order valence-electron chi connectivity index (χ2n) is 8.49. The lowest BCUT2D eigenvalue weighted by Gasteiger charge is -2.20. The number of nitrogens with zero attached hydrogens (tertiary/aromatic N) is 3. The van der Waals surface area contributed by atoms with Crippen LogP contribution in [0.1, 0.15) is 60.2 Å². The summed E-state index contributed by atoms with van der Waals surface area (Å²) >= 11 is 2.72. The Labute approximate surface area is 206 Å². The maximum atomic E-state index is 12.7. The molecule has 2 aromatic rings. The van der Waals surface area contributed by atoms with Crippen molar-refractivity contribution in [2.75, 3.05) is 0 Å². The number of hydrogen-bond acceptors (Lipinski definition) is 7. The van der Waals surface area contributed by atoms with Gasteiger partial charge in [-0.15, -0.1) is 11.3 Å². The molecule has 34 heavy (non-hydrogen) atoms. The van der Waals surface area contributed by atoms with Gasteiger partial charge in [-0.3, -0.25) is 10.2 Å². The molecule has 0 radical (unpaired) electrons. The number of esters is 1. The summed E-state index contributed by atoms with van der Waals surface area (Å²) in [5, 5.41) is 17.8. The third kappa shape index (κ3) is 5.05. The molecule has 2 aliphatic heterocycles. The lowest BCUT2D eigenvalue weighted by Crippen LogP contribution is -2.35. The van der Waals surface area contributed by atoms with E-state index in [4.69, 9.17) is 10.1 Å². The average molecular weight is 493 g/mol. The van der Waals surface area contributed by atoms with Crippen molar-refractivity contribution < 1.29 is 14.3 Å². The Morgan fingerprint density at radius 3 is 2.71 bits per heavy atom. The van der Waals surface area contributed by atoms with Gasteiger partial charge in [0, 0.05) is 0 Å². The van der Waals surface area contributed by atoms with Gasteiger partial charge in [-0.2, -0.15) is 15.1 Å². The van der Waals surface area contributed by atoms with Crippen molar-refractivity contribution in [1.82, 2.24) is 5.01 Å². The molecule has 1 aromatic heterocycles. The van der Waals surface area contributed by atoms with Crippen molar-refractivity contribution in [1.29, 1.82) is 5.41 Å². The minimum Gasteiger partial charge on any atom is -0.422 e. The lowest BCUT2D eigenvalue weighted by atomic mass is 9.86. The zero-order valence-electron chi connectivity index (χ0n) is 18.5. The number of fused-ring (bicyclic) bond motifs is 1. The predicted octanol–water partition coefficient (Wildman–Crippen LogP) is 5.95. The monoisotopic (exact) mass is 492 g/mol. The number of thiophene rings is 1. The number of hydrazone groups is 1. The highest BCUT2D eigenvalue weighted by Crippen LogP contribution is 2.33. The molecule has 3 aliphatic rings. The van der Waals surface area contributed by atoms with Gasteiger partial charge in [-0.05, 0) is 65.7 Å². The van der Waals surface area contributed by atoms with Gasteiger partial charge in [0.05, 0.1) is 5.57 Å². The molecule has 1 fully saturated rings. The van der Waals surface area contributed by atoms with E-state index in [1.165, 1.54) is 60.2 Å². The van der Waals surface area contributed by atoms with Crippen molar-refractivity contribution in [3.05, 3.63) is 57.8 Å². The maximum absolute atomic E-state index is 12.7. The van der Waals surface area contributed by atoms with E-state index in [-0.39, 0.29) is 11.4 Å². The third-order valence-electron chi connectivity index (χ3n) is 6.11. The van der Waals surface area contributed by atoms with Crippen LogP contribution >= 0.6 is 23.1 Å². The van der Waals surface area contributed by atoms with Gasteiger partial charge < -0.3 is 4.74 Å². The van der Waals surface area contributed by atoms with Crippen molar-refractivity contribution in [2.45, 2.75) is 44.9 Å². The second-order valence-corrected chi connectivity index (χ2v) is 10.5. The van der Waals surface area contributed by atoms with Crippen molar-refractivity contribution in [3.63, 3.8) is 0 Å². The molecule has 1 N–H and O–H groups in total. The highest BCUT2D eigenvalue weighted by atomic mass is 32.2. The first-order chi connectivity index (χ1) is 16.6. The molecule has 174 valence electrons. The summed E-state index contributed by atoms with van der Waals surface area (Å²) in [6.45, 7) is 0. The normalized spacial score (nSPS) is 19.8. The standard InChI is InChI=1S/C25H24N4O3S2/c26-22-19(15-17-8-11-18(12-9-17)32-24(31)20-7-4-14-33-20)23(30)27-25-29(22)28-21(34-25)13-10-16-5-2-1-3-6-16/h4,7-9,11-12,14-16,26H,1-3,5-6,10,13H2. The van der Waals surface area contributed by atoms with Crippen molar-refractivity contribution in [2.24, 2.45) is 16.0 Å². The molecular formula is C25H24N4O3S2. The number of rotatable bonds is 6. The van der Waals surface area contributed by atoms with E-state index in [9.17, 15) is 9.59 Å². The van der Waals surface area contributed by atoms with Crippen LogP contribution in [-0.2, 0) is 4.79 Å². The summed E-state index contributed by atoms with van der Waals surface area (Å²) in [6.07, 6.45) is 10.1. The van der Waals surface area contributed by atoms with E-state index >= 15 is 0 Å². The van der Waals surface area contributed by atoms with Crippen LogP contribution in [0.15, 0.2) is 57.4 Å². The number of carbonyl (C=O) groups is 2. The number of amidine groups is 2. The summed E-state index contributed by atoms with van der Waals surface area (Å²) in [5.41, 5.74) is 0.890. The number of aliphatic imine (C=N–C) groups is 1. The van der Waals surface area contributed by atoms with Crippen LogP contribution < -0.4 is 4.74 Å². The third-order valence-corrected chi connectivity index (χ3v) is 7.93. The quantitative estimate of drug-likeness (QED) is 0.306. The molecule has 0 spiro atoms. The van der Waals surface area contributed by atoms with Crippen LogP contribution in [0.25, 0.3) is 6.08 Å². The van der Waals surface area contributed by atoms with Crippen molar-refractivity contribution >= 4 is 57.1 Å². The summed E-state index contributed by atoms with van der Waals surface area (Å²) in [6, 6.07) is 10.3. The van der Waals surface area contributed by atoms with E-state index in [0.29, 0.717) is 21.4 Å². The molecule has 3 heterocycles. The first-order valence-corrected chi connectivity index (χ1v) is 13.1. The Morgan fingerprint density at radius 2 is 1.97 bits per heavy atom. The van der Waals surface area contributed by atoms with Crippen LogP contribution in [0.5, 0.6) is 5.75 Å². The first kappa shape index (κ1) is 22.7. The Hall–Kier alpha value is -3.04. The zero-order valence-corrected chi connectivity index (χ0v) is 20.2. The van der Waals surface area contributed by atoms with E-state index in [0.717, 1.165) is 23.8 Å². The minimum atomic E-state index is -0.444. The molecule has 7 nitrogen and oxygen atoms in total. The Bertz CT molecular complexity index is 1190. The Kier molecular flexibility index (Phi) is 6.73. The summed E-state index contributed by atoms with van der Waals surface area (Å²) in [5.74, 6) is 0.342. The van der Waals surface area contributed by atoms with Crippen LogP contribution in [0.4, 0.5) is 0 Å². The Morgan fingerprint density at radius 1 is 1.18 bits per heavy atom. The minimum absolute atomic E-state index is 0.0309. The number of hydrogen-bond donors (Lipinski definition) is 1. The second kappa shape index (κ2) is 10.1. The maximum Gasteiger partial charge on any atom is 0.353 e. The SMILES string of the molecule is N=C1C(=Cc2ccc(OC(=O)c3cccs3)cc2)C(=O)N=C2SC(CCC3CCCCC3)=NN12. The van der Waals surface area contributed by atoms with Gasteiger partial charge in [0.25, 0.3) is 5.91 Å². The fourth-order valence-electron chi connectivity index (χ4n) is 4.29. The Balaban J connectivity index is 1.25. The first-order valence-electron chi connectivity index (χ1n) is 11.4. The molecule has 1 amide bonds. The van der Waals surface area contributed by atoms with Gasteiger partial charge in [-0.1, -0.05) is 50.3 Å². The molecule has 0 unspecified atom stereocenters. The molecule has 0 saturated heterocycles. The number of thioether (sulfide) groups is 1. The van der Waals surface area contributed by atoms with Crippen LogP contribution in [-0.4, -0.2) is 32.9 Å². The molecule has 1 saturated carbocycles. The summed E-state index contributed by atoms with van der Waals surface area (Å²) < 4.78 is 5.37. The highest BCUT2D eigenvalue weighted by Gasteiger charge is 2.35. The van der Waals surface area contributed by atoms with Gasteiger partial charge in [0.2, 0.25) is 5.17 Å². The topological polar surface area (TPSA) is 95.2 Å². The van der Waals surface area contributed by atoms with Crippen LogP contribution in [0, 0.1) is 11.3 Å². The highest BCUT2D eigenvalue weighted by molar-refractivity contribution is 8.26. The lowest BCUT2D eigenvalue weighted by molar-refractivity contribution is -0.114. The molecule has 1 aliphatic carbocycles. The van der Waals surface area contributed by atoms with Gasteiger partial charge in [-0.25, -0.2) is 4.79 Å². The number of benzene rings is 1. The van der Waals surface area contributed by atoms with Crippen molar-refractivity contribution in [3.8, 4) is 5.75 Å². The number of carbonyl (C=O) groups excluding carboxylic acids is 2. The number of nitrogens with one attached hydrogen (secondary N) is 1. The summed E-state index contributed by atoms with van der Waals surface area (Å²) in [4.78, 5) is 29.5. The number of ether oxygens (including phenoxy) is 1. The fraction of sp³-hybridized carbons (Fsp3) is 0.320. The van der Waals surface area contributed by atoms with Gasteiger partial charge in [0.15, 0.2) is 5.84 Å². The van der Waals surface area contributed by atoms with E-state index < -0.39 is 11.9 Å². The zero-order chi connectivity index (χ0) is 23.5. The van der Waals surface area contributed by atoms with Gasteiger partial charge >= 0.3 is 5.97 Å². The molecule has 9 heteroatoms. The van der Waals surface area contributed by atoms with Crippen LogP contribution in [0.3, 0.4) is 0 Å². The largest absolute Gasteiger partial charge is 0.422 e. The average Bonchev–Trinajstić information content (AvgIpc) is 3.53. The number of amides is 1.